The summed E-state index contributed by atoms with van der Waals surface area (Å²) in [6.45, 7) is 0. The third kappa shape index (κ3) is 1.73. The summed E-state index contributed by atoms with van der Waals surface area (Å²) in [5.74, 6) is -2.06. The standard InChI is InChI=1S/C13H7F2NOS/c14-7-5-8(15)12(10(17)6-7)13-16-9-3-1-2-4-11(9)18-13/h1-6,17H. The van der Waals surface area contributed by atoms with Crippen molar-refractivity contribution in [2.75, 3.05) is 0 Å². The molecule has 3 aromatic rings. The van der Waals surface area contributed by atoms with Gasteiger partial charge in [-0.15, -0.1) is 11.3 Å². The van der Waals surface area contributed by atoms with Gasteiger partial charge in [-0.1, -0.05) is 12.1 Å². The van der Waals surface area contributed by atoms with E-state index in [9.17, 15) is 13.9 Å². The van der Waals surface area contributed by atoms with E-state index < -0.39 is 17.4 Å². The fourth-order valence-corrected chi connectivity index (χ4v) is 2.77. The van der Waals surface area contributed by atoms with Crippen molar-refractivity contribution in [3.8, 4) is 16.3 Å². The van der Waals surface area contributed by atoms with Crippen molar-refractivity contribution < 1.29 is 13.9 Å². The highest BCUT2D eigenvalue weighted by molar-refractivity contribution is 7.21. The van der Waals surface area contributed by atoms with Crippen molar-refractivity contribution in [3.63, 3.8) is 0 Å². The maximum atomic E-state index is 13.7. The quantitative estimate of drug-likeness (QED) is 0.721. The number of para-hydroxylation sites is 1. The Morgan fingerprint density at radius 2 is 1.89 bits per heavy atom. The van der Waals surface area contributed by atoms with Crippen molar-refractivity contribution in [2.45, 2.75) is 0 Å². The summed E-state index contributed by atoms with van der Waals surface area (Å²) in [6.07, 6.45) is 0. The van der Waals surface area contributed by atoms with Crippen molar-refractivity contribution in [3.05, 3.63) is 48.0 Å². The highest BCUT2D eigenvalue weighted by Gasteiger charge is 2.16. The molecule has 2 aromatic carbocycles. The summed E-state index contributed by atoms with van der Waals surface area (Å²) in [6, 6.07) is 8.95. The molecule has 18 heavy (non-hydrogen) atoms. The molecule has 0 spiro atoms. The molecular formula is C13H7F2NOS. The van der Waals surface area contributed by atoms with Crippen molar-refractivity contribution in [2.24, 2.45) is 0 Å². The van der Waals surface area contributed by atoms with Crippen molar-refractivity contribution in [1.29, 1.82) is 0 Å². The van der Waals surface area contributed by atoms with Crippen LogP contribution < -0.4 is 0 Å². The van der Waals surface area contributed by atoms with Crippen LogP contribution >= 0.6 is 11.3 Å². The Hall–Kier alpha value is -2.01. The molecule has 0 radical (unpaired) electrons. The van der Waals surface area contributed by atoms with E-state index in [-0.39, 0.29) is 5.56 Å². The van der Waals surface area contributed by atoms with E-state index in [1.807, 2.05) is 18.2 Å². The number of aromatic nitrogens is 1. The van der Waals surface area contributed by atoms with Crippen LogP contribution in [0.3, 0.4) is 0 Å². The summed E-state index contributed by atoms with van der Waals surface area (Å²) >= 11 is 1.25. The first-order chi connectivity index (χ1) is 8.65. The normalized spacial score (nSPS) is 11.0. The maximum Gasteiger partial charge on any atom is 0.140 e. The Labute approximate surface area is 105 Å². The monoisotopic (exact) mass is 263 g/mol. The van der Waals surface area contributed by atoms with Gasteiger partial charge in [0.15, 0.2) is 0 Å². The number of thiazole rings is 1. The van der Waals surface area contributed by atoms with E-state index in [2.05, 4.69) is 4.98 Å². The molecule has 90 valence electrons. The number of nitrogens with zero attached hydrogens (tertiary/aromatic N) is 1. The number of halogens is 2. The van der Waals surface area contributed by atoms with Gasteiger partial charge < -0.3 is 5.11 Å². The molecule has 0 fully saturated rings. The zero-order valence-corrected chi connectivity index (χ0v) is 9.84. The first kappa shape index (κ1) is 11.1. The topological polar surface area (TPSA) is 33.1 Å². The van der Waals surface area contributed by atoms with Gasteiger partial charge in [-0.3, -0.25) is 0 Å². The Balaban J connectivity index is 2.26. The Morgan fingerprint density at radius 1 is 1.11 bits per heavy atom. The lowest BCUT2D eigenvalue weighted by molar-refractivity contribution is 0.463. The van der Waals surface area contributed by atoms with E-state index in [1.54, 1.807) is 6.07 Å². The predicted molar refractivity (Wildman–Crippen MR) is 66.6 cm³/mol. The lowest BCUT2D eigenvalue weighted by atomic mass is 10.2. The van der Waals surface area contributed by atoms with Gasteiger partial charge in [-0.2, -0.15) is 0 Å². The van der Waals surface area contributed by atoms with Crippen LogP contribution in [0, 0.1) is 11.6 Å². The molecule has 0 aliphatic heterocycles. The molecule has 1 heterocycles. The molecular weight excluding hydrogens is 256 g/mol. The van der Waals surface area contributed by atoms with E-state index in [4.69, 9.17) is 0 Å². The van der Waals surface area contributed by atoms with Gasteiger partial charge in [0.05, 0.1) is 15.8 Å². The zero-order chi connectivity index (χ0) is 12.7. The maximum absolute atomic E-state index is 13.7. The molecule has 2 nitrogen and oxygen atoms in total. The lowest BCUT2D eigenvalue weighted by Gasteiger charge is -2.02. The number of phenolic OH excluding ortho intramolecular Hbond substituents is 1. The Kier molecular flexibility index (Phi) is 2.48. The van der Waals surface area contributed by atoms with E-state index in [0.717, 1.165) is 22.3 Å². The van der Waals surface area contributed by atoms with Gasteiger partial charge in [-0.25, -0.2) is 13.8 Å². The summed E-state index contributed by atoms with van der Waals surface area (Å²) in [4.78, 5) is 4.23. The average Bonchev–Trinajstić information content (AvgIpc) is 2.70. The van der Waals surface area contributed by atoms with Gasteiger partial charge in [0.25, 0.3) is 0 Å². The minimum absolute atomic E-state index is 0.0578. The largest absolute Gasteiger partial charge is 0.507 e. The van der Waals surface area contributed by atoms with Gasteiger partial charge in [0.2, 0.25) is 0 Å². The van der Waals surface area contributed by atoms with Crippen LogP contribution in [0.15, 0.2) is 36.4 Å². The van der Waals surface area contributed by atoms with Gasteiger partial charge >= 0.3 is 0 Å². The number of benzene rings is 2. The van der Waals surface area contributed by atoms with Gasteiger partial charge in [0, 0.05) is 12.1 Å². The summed E-state index contributed by atoms with van der Waals surface area (Å²) in [5.41, 5.74) is 0.665. The van der Waals surface area contributed by atoms with E-state index in [0.29, 0.717) is 5.01 Å². The summed E-state index contributed by atoms with van der Waals surface area (Å²) in [7, 11) is 0. The Morgan fingerprint density at radius 3 is 2.61 bits per heavy atom. The first-order valence-corrected chi connectivity index (χ1v) is 6.01. The number of hydrogen-bond donors (Lipinski definition) is 1. The number of fused-ring (bicyclic) bond motifs is 1. The molecule has 0 unspecified atom stereocenters. The smallest absolute Gasteiger partial charge is 0.140 e. The van der Waals surface area contributed by atoms with Crippen LogP contribution in [0.5, 0.6) is 5.75 Å². The first-order valence-electron chi connectivity index (χ1n) is 5.19. The van der Waals surface area contributed by atoms with Crippen molar-refractivity contribution >= 4 is 21.6 Å². The lowest BCUT2D eigenvalue weighted by Crippen LogP contribution is -1.87. The van der Waals surface area contributed by atoms with Gasteiger partial charge in [-0.05, 0) is 12.1 Å². The van der Waals surface area contributed by atoms with Crippen LogP contribution in [0.2, 0.25) is 0 Å². The Bertz CT molecular complexity index is 683. The molecule has 5 heteroatoms. The third-order valence-electron chi connectivity index (χ3n) is 2.54. The number of rotatable bonds is 1. The minimum Gasteiger partial charge on any atom is -0.507 e. The summed E-state index contributed by atoms with van der Waals surface area (Å²) in [5, 5.41) is 9.98. The second-order valence-corrected chi connectivity index (χ2v) is 4.80. The van der Waals surface area contributed by atoms with Crippen LogP contribution in [-0.2, 0) is 0 Å². The molecule has 0 atom stereocenters. The number of phenols is 1. The minimum atomic E-state index is -0.813. The molecule has 1 aromatic heterocycles. The highest BCUT2D eigenvalue weighted by atomic mass is 32.1. The molecule has 0 aliphatic carbocycles. The fraction of sp³-hybridized carbons (Fsp3) is 0. The second-order valence-electron chi connectivity index (χ2n) is 3.77. The zero-order valence-electron chi connectivity index (χ0n) is 9.02. The molecule has 1 N–H and O–H groups in total. The SMILES string of the molecule is Oc1cc(F)cc(F)c1-c1nc2ccccc2s1. The summed E-state index contributed by atoms with van der Waals surface area (Å²) < 4.78 is 27.5. The van der Waals surface area contributed by atoms with Crippen molar-refractivity contribution in [1.82, 2.24) is 4.98 Å². The highest BCUT2D eigenvalue weighted by Crippen LogP contribution is 2.37. The molecule has 0 amide bonds. The molecule has 0 saturated carbocycles. The molecule has 0 bridgehead atoms. The predicted octanol–water partition coefficient (Wildman–Crippen LogP) is 3.95. The molecule has 0 aliphatic rings. The van der Waals surface area contributed by atoms with Crippen LogP contribution in [0.1, 0.15) is 0 Å². The van der Waals surface area contributed by atoms with Crippen LogP contribution in [0.4, 0.5) is 8.78 Å². The van der Waals surface area contributed by atoms with Gasteiger partial charge in [0.1, 0.15) is 22.4 Å². The number of aromatic hydroxyl groups is 1. The second kappa shape index (κ2) is 4.03. The third-order valence-corrected chi connectivity index (χ3v) is 3.60. The fourth-order valence-electron chi connectivity index (χ4n) is 1.75. The van der Waals surface area contributed by atoms with Crippen LogP contribution in [0.25, 0.3) is 20.8 Å². The average molecular weight is 263 g/mol. The van der Waals surface area contributed by atoms with E-state index >= 15 is 0 Å². The van der Waals surface area contributed by atoms with Crippen LogP contribution in [-0.4, -0.2) is 10.1 Å². The number of hydrogen-bond acceptors (Lipinski definition) is 3. The molecule has 0 saturated heterocycles. The van der Waals surface area contributed by atoms with E-state index in [1.165, 1.54) is 11.3 Å². The molecule has 3 rings (SSSR count).